The number of carboxylic acid groups (broad SMARTS) is 1. The number of hydrogen-bond donors (Lipinski definition) is 1. The summed E-state index contributed by atoms with van der Waals surface area (Å²) in [4.78, 5) is 33.0. The molecule has 5 nitrogen and oxygen atoms in total. The maximum atomic E-state index is 11.3. The number of aliphatic carboxylic acids is 1. The van der Waals surface area contributed by atoms with Crippen LogP contribution in [0.2, 0.25) is 0 Å². The summed E-state index contributed by atoms with van der Waals surface area (Å²) in [5.41, 5.74) is 0. The van der Waals surface area contributed by atoms with Gasteiger partial charge in [0.2, 0.25) is 0 Å². The monoisotopic (exact) mass is 239 g/mol. The molecular weight excluding hydrogens is 222 g/mol. The molecule has 0 unspecified atom stereocenters. The van der Waals surface area contributed by atoms with Gasteiger partial charge in [-0.05, 0) is 12.8 Å². The summed E-state index contributed by atoms with van der Waals surface area (Å²) >= 11 is 0. The van der Waals surface area contributed by atoms with E-state index < -0.39 is 5.97 Å². The first-order chi connectivity index (χ1) is 8.02. The van der Waals surface area contributed by atoms with Crippen LogP contribution in [0.4, 0.5) is 0 Å². The Morgan fingerprint density at radius 2 is 1.59 bits per heavy atom. The van der Waals surface area contributed by atoms with Crippen LogP contribution in [0.5, 0.6) is 0 Å². The highest BCUT2D eigenvalue weighted by Crippen LogP contribution is 2.24. The molecule has 0 radical (unpaired) electrons. The molecule has 0 atom stereocenters. The van der Waals surface area contributed by atoms with Crippen molar-refractivity contribution in [2.45, 2.75) is 45.1 Å². The van der Waals surface area contributed by atoms with Crippen LogP contribution in [0, 0.1) is 0 Å². The minimum atomic E-state index is -0.833. The molecule has 0 bridgehead atoms. The van der Waals surface area contributed by atoms with Gasteiger partial charge in [0.1, 0.15) is 0 Å². The number of rotatable bonds is 1. The highest BCUT2D eigenvalue weighted by Gasteiger charge is 2.31. The number of carbonyl (C=O) groups excluding carboxylic acids is 2. The highest BCUT2D eigenvalue weighted by atomic mass is 16.4. The van der Waals surface area contributed by atoms with Gasteiger partial charge in [-0.15, -0.1) is 0 Å². The van der Waals surface area contributed by atoms with E-state index in [-0.39, 0.29) is 17.9 Å². The second kappa shape index (κ2) is 6.18. The predicted octanol–water partition coefficient (Wildman–Crippen LogP) is 1.33. The van der Waals surface area contributed by atoms with Crippen LogP contribution in [-0.2, 0) is 14.4 Å². The van der Waals surface area contributed by atoms with Gasteiger partial charge in [0, 0.05) is 25.1 Å². The smallest absolute Gasteiger partial charge is 0.300 e. The van der Waals surface area contributed by atoms with Gasteiger partial charge >= 0.3 is 0 Å². The molecule has 0 aromatic carbocycles. The fourth-order valence-electron chi connectivity index (χ4n) is 2.11. The Morgan fingerprint density at radius 1 is 1.18 bits per heavy atom. The predicted molar refractivity (Wildman–Crippen MR) is 61.2 cm³/mol. The van der Waals surface area contributed by atoms with Crippen molar-refractivity contribution in [3.8, 4) is 0 Å². The van der Waals surface area contributed by atoms with E-state index in [2.05, 4.69) is 0 Å². The average Bonchev–Trinajstić information content (AvgIpc) is 2.59. The molecule has 2 aliphatic rings. The Kier molecular flexibility index (Phi) is 4.87. The molecule has 5 heteroatoms. The summed E-state index contributed by atoms with van der Waals surface area (Å²) in [6.45, 7) is 1.08. The van der Waals surface area contributed by atoms with Gasteiger partial charge < -0.3 is 5.11 Å². The van der Waals surface area contributed by atoms with Crippen LogP contribution in [0.15, 0.2) is 12.2 Å². The molecule has 1 fully saturated rings. The molecule has 1 N–H and O–H groups in total. The lowest BCUT2D eigenvalue weighted by Gasteiger charge is -2.29. The van der Waals surface area contributed by atoms with E-state index in [4.69, 9.17) is 9.90 Å². The van der Waals surface area contributed by atoms with E-state index in [0.29, 0.717) is 0 Å². The van der Waals surface area contributed by atoms with Gasteiger partial charge in [-0.2, -0.15) is 0 Å². The van der Waals surface area contributed by atoms with E-state index >= 15 is 0 Å². The first kappa shape index (κ1) is 13.4. The molecule has 0 spiro atoms. The lowest BCUT2D eigenvalue weighted by atomic mass is 9.94. The lowest BCUT2D eigenvalue weighted by molar-refractivity contribution is -0.140. The third kappa shape index (κ3) is 4.01. The summed E-state index contributed by atoms with van der Waals surface area (Å²) in [6, 6.07) is 0.170. The largest absolute Gasteiger partial charge is 0.481 e. The Hall–Kier alpha value is -1.65. The molecular formula is C12H17NO4. The molecule has 1 aliphatic heterocycles. The molecule has 0 aromatic rings. The third-order valence-corrected chi connectivity index (χ3v) is 2.78. The molecule has 0 saturated heterocycles. The average molecular weight is 239 g/mol. The van der Waals surface area contributed by atoms with Crippen molar-refractivity contribution in [3.63, 3.8) is 0 Å². The second-order valence-corrected chi connectivity index (χ2v) is 4.19. The van der Waals surface area contributed by atoms with Crippen LogP contribution in [0.1, 0.15) is 39.0 Å². The zero-order valence-corrected chi connectivity index (χ0v) is 9.89. The zero-order chi connectivity index (χ0) is 12.8. The number of amides is 2. The molecule has 2 amide bonds. The Labute approximate surface area is 100 Å². The van der Waals surface area contributed by atoms with Crippen molar-refractivity contribution >= 4 is 17.8 Å². The maximum Gasteiger partial charge on any atom is 0.300 e. The Morgan fingerprint density at radius 3 is 2.00 bits per heavy atom. The number of nitrogens with zero attached hydrogens (tertiary/aromatic N) is 1. The quantitative estimate of drug-likeness (QED) is 0.700. The first-order valence-electron chi connectivity index (χ1n) is 5.77. The number of carbonyl (C=O) groups is 3. The van der Waals surface area contributed by atoms with E-state index in [9.17, 15) is 9.59 Å². The van der Waals surface area contributed by atoms with Crippen molar-refractivity contribution in [1.82, 2.24) is 4.90 Å². The number of imide groups is 1. The topological polar surface area (TPSA) is 74.7 Å². The maximum absolute atomic E-state index is 11.3. The second-order valence-electron chi connectivity index (χ2n) is 4.19. The van der Waals surface area contributed by atoms with Crippen LogP contribution >= 0.6 is 0 Å². The van der Waals surface area contributed by atoms with Gasteiger partial charge in [-0.1, -0.05) is 19.3 Å². The molecule has 1 saturated carbocycles. The third-order valence-electron chi connectivity index (χ3n) is 2.78. The molecule has 0 aromatic heterocycles. The normalized spacial score (nSPS) is 20.2. The summed E-state index contributed by atoms with van der Waals surface area (Å²) in [6.07, 6.45) is 8.23. The number of hydrogen-bond acceptors (Lipinski definition) is 3. The van der Waals surface area contributed by atoms with Gasteiger partial charge in [-0.3, -0.25) is 19.3 Å². The summed E-state index contributed by atoms with van der Waals surface area (Å²) in [5.74, 6) is -1.09. The number of carboxylic acids is 1. The Balaban J connectivity index is 0.000000317. The summed E-state index contributed by atoms with van der Waals surface area (Å²) < 4.78 is 0. The highest BCUT2D eigenvalue weighted by molar-refractivity contribution is 6.13. The van der Waals surface area contributed by atoms with Gasteiger partial charge in [0.25, 0.3) is 17.8 Å². The molecule has 94 valence electrons. The fourth-order valence-corrected chi connectivity index (χ4v) is 2.11. The van der Waals surface area contributed by atoms with E-state index in [1.54, 1.807) is 0 Å². The van der Waals surface area contributed by atoms with Crippen LogP contribution in [0.25, 0.3) is 0 Å². The minimum Gasteiger partial charge on any atom is -0.481 e. The van der Waals surface area contributed by atoms with E-state index in [0.717, 1.165) is 32.6 Å². The summed E-state index contributed by atoms with van der Waals surface area (Å²) in [7, 11) is 0. The first-order valence-corrected chi connectivity index (χ1v) is 5.77. The van der Waals surface area contributed by atoms with Crippen molar-refractivity contribution in [3.05, 3.63) is 12.2 Å². The molecule has 1 aliphatic carbocycles. The van der Waals surface area contributed by atoms with Gasteiger partial charge in [-0.25, -0.2) is 0 Å². The Bertz CT molecular complexity index is 320. The van der Waals surface area contributed by atoms with Crippen LogP contribution in [0.3, 0.4) is 0 Å². The fraction of sp³-hybridized carbons (Fsp3) is 0.583. The minimum absolute atomic E-state index is 0.128. The van der Waals surface area contributed by atoms with E-state index in [1.807, 2.05) is 0 Å². The van der Waals surface area contributed by atoms with Crippen LogP contribution < -0.4 is 0 Å². The van der Waals surface area contributed by atoms with Crippen molar-refractivity contribution in [2.75, 3.05) is 0 Å². The van der Waals surface area contributed by atoms with Gasteiger partial charge in [0.05, 0.1) is 0 Å². The van der Waals surface area contributed by atoms with Crippen LogP contribution in [-0.4, -0.2) is 33.8 Å². The van der Waals surface area contributed by atoms with E-state index in [1.165, 1.54) is 23.5 Å². The lowest BCUT2D eigenvalue weighted by Crippen LogP contribution is -2.41. The zero-order valence-electron chi connectivity index (χ0n) is 9.89. The molecule has 17 heavy (non-hydrogen) atoms. The van der Waals surface area contributed by atoms with Crippen molar-refractivity contribution < 1.29 is 19.5 Å². The van der Waals surface area contributed by atoms with Crippen molar-refractivity contribution in [1.29, 1.82) is 0 Å². The molecule has 1 heterocycles. The van der Waals surface area contributed by atoms with Crippen molar-refractivity contribution in [2.24, 2.45) is 0 Å². The molecule has 2 rings (SSSR count). The standard InChI is InChI=1S/C10H13NO2.C2H4O2/c12-9-6-7-10(13)11(9)8-4-2-1-3-5-8;1-2(3)4/h6-8H,1-5H2;1H3,(H,3,4). The van der Waals surface area contributed by atoms with Gasteiger partial charge in [0.15, 0.2) is 0 Å². The SMILES string of the molecule is CC(=O)O.O=C1C=CC(=O)N1C1CCCCC1. The summed E-state index contributed by atoms with van der Waals surface area (Å²) in [5, 5.41) is 7.42.